The van der Waals surface area contributed by atoms with Crippen LogP contribution < -0.4 is 0 Å². The summed E-state index contributed by atoms with van der Waals surface area (Å²) in [5.41, 5.74) is 0. The third-order valence-electron chi connectivity index (χ3n) is 4.64. The second-order valence-electron chi connectivity index (χ2n) is 5.90. The summed E-state index contributed by atoms with van der Waals surface area (Å²) in [6, 6.07) is 0. The summed E-state index contributed by atoms with van der Waals surface area (Å²) < 4.78 is 0. The Kier molecular flexibility index (Phi) is 4.72. The average molecular weight is 266 g/mol. The largest absolute Gasteiger partial charge is 0.481 e. The molecule has 2 rings (SSSR count). The van der Waals surface area contributed by atoms with Crippen LogP contribution in [0.3, 0.4) is 0 Å². The van der Waals surface area contributed by atoms with Gasteiger partial charge in [0.05, 0.1) is 5.92 Å². The summed E-state index contributed by atoms with van der Waals surface area (Å²) in [6.07, 6.45) is 7.74. The predicted octanol–water partition coefficient (Wildman–Crippen LogP) is 2.60. The van der Waals surface area contributed by atoms with Crippen LogP contribution in [0, 0.1) is 17.8 Å². The lowest BCUT2D eigenvalue weighted by atomic mass is 9.84. The molecule has 1 N–H and O–H groups in total. The van der Waals surface area contributed by atoms with Crippen LogP contribution in [0.4, 0.5) is 0 Å². The minimum atomic E-state index is -0.926. The van der Waals surface area contributed by atoms with Crippen molar-refractivity contribution in [1.82, 2.24) is 0 Å². The lowest BCUT2D eigenvalue weighted by molar-refractivity contribution is -0.148. The summed E-state index contributed by atoms with van der Waals surface area (Å²) in [6.45, 7) is 0. The van der Waals surface area contributed by atoms with Gasteiger partial charge < -0.3 is 5.11 Å². The summed E-state index contributed by atoms with van der Waals surface area (Å²) in [7, 11) is 0. The van der Waals surface area contributed by atoms with E-state index in [1.807, 2.05) is 0 Å². The van der Waals surface area contributed by atoms with Crippen molar-refractivity contribution < 1.29 is 19.5 Å². The first kappa shape index (κ1) is 14.2. The van der Waals surface area contributed by atoms with Gasteiger partial charge in [0.15, 0.2) is 0 Å². The van der Waals surface area contributed by atoms with Gasteiger partial charge >= 0.3 is 5.97 Å². The van der Waals surface area contributed by atoms with Crippen LogP contribution in [-0.2, 0) is 14.4 Å². The summed E-state index contributed by atoms with van der Waals surface area (Å²) in [5.74, 6) is -2.97. The van der Waals surface area contributed by atoms with E-state index in [0.717, 1.165) is 44.9 Å². The summed E-state index contributed by atoms with van der Waals surface area (Å²) in [4.78, 5) is 35.6. The molecule has 0 aromatic heterocycles. The number of rotatable bonds is 4. The first-order chi connectivity index (χ1) is 9.11. The minimum Gasteiger partial charge on any atom is -0.481 e. The van der Waals surface area contributed by atoms with E-state index in [4.69, 9.17) is 5.11 Å². The van der Waals surface area contributed by atoms with Crippen LogP contribution >= 0.6 is 0 Å². The lowest BCUT2D eigenvalue weighted by Crippen LogP contribution is -2.34. The Morgan fingerprint density at radius 1 is 0.684 bits per heavy atom. The van der Waals surface area contributed by atoms with Gasteiger partial charge in [-0.3, -0.25) is 14.4 Å². The molecule has 0 amide bonds. The fraction of sp³-hybridized carbons (Fsp3) is 0.800. The van der Waals surface area contributed by atoms with Gasteiger partial charge in [-0.1, -0.05) is 32.1 Å². The highest BCUT2D eigenvalue weighted by atomic mass is 16.4. The topological polar surface area (TPSA) is 71.4 Å². The Bertz CT molecular complexity index is 366. The molecule has 0 saturated heterocycles. The second-order valence-corrected chi connectivity index (χ2v) is 5.90. The Morgan fingerprint density at radius 2 is 1.26 bits per heavy atom. The Morgan fingerprint density at radius 3 is 1.84 bits per heavy atom. The number of carboxylic acid groups (broad SMARTS) is 1. The highest BCUT2D eigenvalue weighted by Gasteiger charge is 2.41. The van der Waals surface area contributed by atoms with Gasteiger partial charge in [-0.05, 0) is 25.7 Å². The van der Waals surface area contributed by atoms with E-state index in [2.05, 4.69) is 0 Å². The predicted molar refractivity (Wildman–Crippen MR) is 69.7 cm³/mol. The number of hydrogen-bond acceptors (Lipinski definition) is 3. The van der Waals surface area contributed by atoms with Crippen LogP contribution in [0.1, 0.15) is 57.8 Å². The molecule has 2 aliphatic carbocycles. The van der Waals surface area contributed by atoms with Crippen molar-refractivity contribution in [3.05, 3.63) is 0 Å². The Labute approximate surface area is 113 Å². The normalized spacial score (nSPS) is 28.8. The van der Waals surface area contributed by atoms with Gasteiger partial charge in [0.25, 0.3) is 0 Å². The molecule has 4 nitrogen and oxygen atoms in total. The monoisotopic (exact) mass is 266 g/mol. The Balaban J connectivity index is 2.01. The van der Waals surface area contributed by atoms with Crippen molar-refractivity contribution in [3.63, 3.8) is 0 Å². The quantitative estimate of drug-likeness (QED) is 0.627. The molecule has 2 saturated carbocycles. The van der Waals surface area contributed by atoms with E-state index >= 15 is 0 Å². The van der Waals surface area contributed by atoms with Crippen molar-refractivity contribution >= 4 is 17.5 Å². The molecule has 0 radical (unpaired) electrons. The van der Waals surface area contributed by atoms with Gasteiger partial charge in [-0.15, -0.1) is 0 Å². The van der Waals surface area contributed by atoms with Crippen LogP contribution in [0.25, 0.3) is 0 Å². The SMILES string of the molecule is O=C(C(=O)C1CCCC1C(=O)O)C1CCCCCC1. The van der Waals surface area contributed by atoms with E-state index in [1.54, 1.807) is 0 Å². The molecule has 0 aromatic carbocycles. The van der Waals surface area contributed by atoms with Crippen LogP contribution in [0.15, 0.2) is 0 Å². The smallest absolute Gasteiger partial charge is 0.307 e. The molecular formula is C15H22O4. The third-order valence-corrected chi connectivity index (χ3v) is 4.64. The van der Waals surface area contributed by atoms with E-state index in [-0.39, 0.29) is 11.7 Å². The number of ketones is 2. The van der Waals surface area contributed by atoms with Gasteiger partial charge in [0.1, 0.15) is 0 Å². The Hall–Kier alpha value is -1.19. The van der Waals surface area contributed by atoms with E-state index in [1.165, 1.54) is 0 Å². The number of hydrogen-bond donors (Lipinski definition) is 1. The maximum Gasteiger partial charge on any atom is 0.307 e. The van der Waals surface area contributed by atoms with Crippen molar-refractivity contribution in [2.75, 3.05) is 0 Å². The van der Waals surface area contributed by atoms with Crippen molar-refractivity contribution in [3.8, 4) is 0 Å². The highest BCUT2D eigenvalue weighted by molar-refractivity contribution is 6.39. The number of carboxylic acids is 1. The lowest BCUT2D eigenvalue weighted by Gasteiger charge is -2.17. The first-order valence-electron chi connectivity index (χ1n) is 7.42. The van der Waals surface area contributed by atoms with Crippen LogP contribution in [-0.4, -0.2) is 22.6 Å². The zero-order valence-corrected chi connectivity index (χ0v) is 11.3. The number of carbonyl (C=O) groups is 3. The van der Waals surface area contributed by atoms with Gasteiger partial charge in [-0.25, -0.2) is 0 Å². The maximum absolute atomic E-state index is 12.3. The zero-order valence-electron chi connectivity index (χ0n) is 11.3. The molecule has 2 aliphatic rings. The minimum absolute atomic E-state index is 0.148. The zero-order chi connectivity index (χ0) is 13.8. The van der Waals surface area contributed by atoms with Crippen molar-refractivity contribution in [2.45, 2.75) is 57.8 Å². The molecule has 4 heteroatoms. The molecule has 0 bridgehead atoms. The standard InChI is InChI=1S/C15H22O4/c16-13(10-6-3-1-2-4-7-10)14(17)11-8-5-9-12(11)15(18)19/h10-12H,1-9H2,(H,18,19). The molecule has 0 spiro atoms. The number of aliphatic carboxylic acids is 1. The second kappa shape index (κ2) is 6.31. The van der Waals surface area contributed by atoms with Crippen LogP contribution in [0.5, 0.6) is 0 Å². The summed E-state index contributed by atoms with van der Waals surface area (Å²) >= 11 is 0. The van der Waals surface area contributed by atoms with Crippen molar-refractivity contribution in [2.24, 2.45) is 17.8 Å². The average Bonchev–Trinajstić information content (AvgIpc) is 2.73. The van der Waals surface area contributed by atoms with Gasteiger partial charge in [0.2, 0.25) is 11.6 Å². The molecule has 106 valence electrons. The number of carbonyl (C=O) groups excluding carboxylic acids is 2. The molecule has 19 heavy (non-hydrogen) atoms. The fourth-order valence-corrected chi connectivity index (χ4v) is 3.49. The van der Waals surface area contributed by atoms with Crippen molar-refractivity contribution in [1.29, 1.82) is 0 Å². The van der Waals surface area contributed by atoms with Gasteiger partial charge in [-0.2, -0.15) is 0 Å². The summed E-state index contributed by atoms with van der Waals surface area (Å²) in [5, 5.41) is 9.11. The molecular weight excluding hydrogens is 244 g/mol. The van der Waals surface area contributed by atoms with E-state index in [0.29, 0.717) is 12.8 Å². The van der Waals surface area contributed by atoms with Crippen LogP contribution in [0.2, 0.25) is 0 Å². The van der Waals surface area contributed by atoms with E-state index in [9.17, 15) is 14.4 Å². The number of Topliss-reactive ketones (excluding diaryl/α,β-unsaturated/α-hetero) is 2. The molecule has 2 unspecified atom stereocenters. The molecule has 2 fully saturated rings. The van der Waals surface area contributed by atoms with E-state index < -0.39 is 23.6 Å². The highest BCUT2D eigenvalue weighted by Crippen LogP contribution is 2.34. The molecule has 2 atom stereocenters. The first-order valence-corrected chi connectivity index (χ1v) is 7.42. The fourth-order valence-electron chi connectivity index (χ4n) is 3.49. The molecule has 0 aromatic rings. The third kappa shape index (κ3) is 3.23. The molecule has 0 heterocycles. The molecule has 0 aliphatic heterocycles. The maximum atomic E-state index is 12.3. The van der Waals surface area contributed by atoms with Gasteiger partial charge in [0, 0.05) is 11.8 Å².